The maximum Gasteiger partial charge on any atom is 0.238 e. The summed E-state index contributed by atoms with van der Waals surface area (Å²) in [7, 11) is 1.68. The third-order valence-electron chi connectivity index (χ3n) is 4.58. The monoisotopic (exact) mass is 407 g/mol. The van der Waals surface area contributed by atoms with Crippen LogP contribution in [0.2, 0.25) is 0 Å². The summed E-state index contributed by atoms with van der Waals surface area (Å²) >= 11 is 1.77. The quantitative estimate of drug-likeness (QED) is 0.758. The topological polar surface area (TPSA) is 53.6 Å². The van der Waals surface area contributed by atoms with Crippen LogP contribution in [0.15, 0.2) is 24.3 Å². The fourth-order valence-corrected chi connectivity index (χ4v) is 4.16. The molecule has 8 heteroatoms. The molecule has 2 saturated heterocycles. The molecule has 1 amide bonds. The molecule has 0 aliphatic carbocycles. The molecular formula is C17H27Cl2N3O2S. The second kappa shape index (κ2) is 11.1. The van der Waals surface area contributed by atoms with Crippen molar-refractivity contribution in [2.75, 3.05) is 38.4 Å². The molecule has 25 heavy (non-hydrogen) atoms. The van der Waals surface area contributed by atoms with Gasteiger partial charge < -0.3 is 10.1 Å². The van der Waals surface area contributed by atoms with Crippen molar-refractivity contribution in [2.45, 2.75) is 24.9 Å². The van der Waals surface area contributed by atoms with Crippen molar-refractivity contribution in [3.05, 3.63) is 29.8 Å². The summed E-state index contributed by atoms with van der Waals surface area (Å²) in [5.74, 6) is 2.72. The number of likely N-dealkylation sites (tertiary alicyclic amines) is 1. The minimum Gasteiger partial charge on any atom is -0.497 e. The lowest BCUT2D eigenvalue weighted by Gasteiger charge is -2.28. The van der Waals surface area contributed by atoms with Gasteiger partial charge in [0, 0.05) is 18.2 Å². The van der Waals surface area contributed by atoms with Crippen LogP contribution in [0.4, 0.5) is 0 Å². The van der Waals surface area contributed by atoms with Crippen molar-refractivity contribution in [1.82, 2.24) is 15.5 Å². The zero-order chi connectivity index (χ0) is 16.1. The predicted octanol–water partition coefficient (Wildman–Crippen LogP) is 2.45. The van der Waals surface area contributed by atoms with Crippen molar-refractivity contribution in [2.24, 2.45) is 0 Å². The molecule has 142 valence electrons. The first-order chi connectivity index (χ1) is 11.3. The van der Waals surface area contributed by atoms with E-state index in [1.54, 1.807) is 18.9 Å². The molecule has 0 spiro atoms. The van der Waals surface area contributed by atoms with E-state index in [2.05, 4.69) is 27.7 Å². The van der Waals surface area contributed by atoms with E-state index in [1.807, 2.05) is 12.1 Å². The zero-order valence-corrected chi connectivity index (χ0v) is 16.9. The smallest absolute Gasteiger partial charge is 0.238 e. The van der Waals surface area contributed by atoms with E-state index in [-0.39, 0.29) is 42.8 Å². The van der Waals surface area contributed by atoms with Gasteiger partial charge in [-0.25, -0.2) is 0 Å². The fraction of sp³-hybridized carbons (Fsp3) is 0.588. The normalized spacial score (nSPS) is 21.1. The number of rotatable bonds is 6. The number of methoxy groups -OCH3 is 1. The van der Waals surface area contributed by atoms with E-state index < -0.39 is 0 Å². The van der Waals surface area contributed by atoms with Gasteiger partial charge in [0.2, 0.25) is 5.91 Å². The number of amides is 1. The van der Waals surface area contributed by atoms with Crippen LogP contribution in [0.3, 0.4) is 0 Å². The molecule has 2 heterocycles. The van der Waals surface area contributed by atoms with Gasteiger partial charge in [-0.05, 0) is 43.6 Å². The van der Waals surface area contributed by atoms with Gasteiger partial charge in [0.1, 0.15) is 5.75 Å². The summed E-state index contributed by atoms with van der Waals surface area (Å²) in [6.45, 7) is 2.86. The molecule has 2 atom stereocenters. The molecule has 3 rings (SSSR count). The molecule has 1 aromatic carbocycles. The van der Waals surface area contributed by atoms with Crippen LogP contribution in [0, 0.1) is 0 Å². The molecular weight excluding hydrogens is 381 g/mol. The van der Waals surface area contributed by atoms with Crippen molar-refractivity contribution >= 4 is 42.5 Å². The SMILES string of the molecule is COc1ccc(C(CNC(=O)C2CSCN2)N2CCCC2)cc1.Cl.Cl. The molecule has 0 aromatic heterocycles. The van der Waals surface area contributed by atoms with Gasteiger partial charge in [-0.3, -0.25) is 15.0 Å². The largest absolute Gasteiger partial charge is 0.497 e. The lowest BCUT2D eigenvalue weighted by atomic mass is 10.0. The summed E-state index contributed by atoms with van der Waals surface area (Å²) < 4.78 is 5.25. The Bertz CT molecular complexity index is 521. The number of ether oxygens (including phenoxy) is 1. The maximum atomic E-state index is 12.3. The number of benzene rings is 1. The van der Waals surface area contributed by atoms with Crippen molar-refractivity contribution in [3.63, 3.8) is 0 Å². The highest BCUT2D eigenvalue weighted by atomic mass is 35.5. The average molecular weight is 408 g/mol. The molecule has 0 saturated carbocycles. The maximum absolute atomic E-state index is 12.3. The van der Waals surface area contributed by atoms with Crippen LogP contribution < -0.4 is 15.4 Å². The summed E-state index contributed by atoms with van der Waals surface area (Å²) in [6.07, 6.45) is 2.48. The first-order valence-electron chi connectivity index (χ1n) is 8.25. The molecule has 1 aromatic rings. The molecule has 2 unspecified atom stereocenters. The van der Waals surface area contributed by atoms with Gasteiger partial charge in [-0.15, -0.1) is 36.6 Å². The summed E-state index contributed by atoms with van der Waals surface area (Å²) in [5, 5.41) is 6.37. The van der Waals surface area contributed by atoms with Crippen LogP contribution in [0.25, 0.3) is 0 Å². The molecule has 0 radical (unpaired) electrons. The summed E-state index contributed by atoms with van der Waals surface area (Å²) in [4.78, 5) is 14.7. The number of carbonyl (C=O) groups excluding carboxylic acids is 1. The Balaban J connectivity index is 0.00000156. The molecule has 2 N–H and O–H groups in total. The van der Waals surface area contributed by atoms with Gasteiger partial charge in [0.25, 0.3) is 0 Å². The second-order valence-corrected chi connectivity index (χ2v) is 7.08. The van der Waals surface area contributed by atoms with E-state index in [0.717, 1.165) is 30.5 Å². The van der Waals surface area contributed by atoms with Gasteiger partial charge in [-0.1, -0.05) is 12.1 Å². The van der Waals surface area contributed by atoms with Crippen LogP contribution in [-0.4, -0.2) is 55.2 Å². The number of nitrogens with zero attached hydrogens (tertiary/aromatic N) is 1. The first-order valence-corrected chi connectivity index (χ1v) is 9.40. The fourth-order valence-electron chi connectivity index (χ4n) is 3.22. The lowest BCUT2D eigenvalue weighted by Crippen LogP contribution is -2.45. The van der Waals surface area contributed by atoms with Crippen LogP contribution in [0.1, 0.15) is 24.4 Å². The molecule has 0 bridgehead atoms. The molecule has 2 aliphatic heterocycles. The highest BCUT2D eigenvalue weighted by Gasteiger charge is 2.27. The second-order valence-electron chi connectivity index (χ2n) is 6.05. The van der Waals surface area contributed by atoms with Crippen LogP contribution >= 0.6 is 36.6 Å². The van der Waals surface area contributed by atoms with E-state index in [0.29, 0.717) is 6.54 Å². The van der Waals surface area contributed by atoms with Crippen molar-refractivity contribution < 1.29 is 9.53 Å². The number of carbonyl (C=O) groups is 1. The zero-order valence-electron chi connectivity index (χ0n) is 14.4. The standard InChI is InChI=1S/C17H25N3O2S.2ClH/c1-22-14-6-4-13(5-7-14)16(20-8-2-3-9-20)10-18-17(21)15-11-23-12-19-15;;/h4-7,15-16,19H,2-3,8-12H2,1H3,(H,18,21);2*1H. The molecule has 5 nitrogen and oxygen atoms in total. The van der Waals surface area contributed by atoms with E-state index >= 15 is 0 Å². The number of hydrogen-bond donors (Lipinski definition) is 2. The van der Waals surface area contributed by atoms with Crippen LogP contribution in [0.5, 0.6) is 5.75 Å². The highest BCUT2D eigenvalue weighted by Crippen LogP contribution is 2.26. The van der Waals surface area contributed by atoms with Gasteiger partial charge in [-0.2, -0.15) is 0 Å². The van der Waals surface area contributed by atoms with Crippen LogP contribution in [-0.2, 0) is 4.79 Å². The number of halogens is 2. The Morgan fingerprint density at radius 2 is 2.00 bits per heavy atom. The Labute approximate surface area is 166 Å². The Morgan fingerprint density at radius 3 is 2.56 bits per heavy atom. The molecule has 2 fully saturated rings. The Morgan fingerprint density at radius 1 is 1.32 bits per heavy atom. The van der Waals surface area contributed by atoms with E-state index in [1.165, 1.54) is 18.4 Å². The third kappa shape index (κ3) is 5.93. The molecule has 2 aliphatic rings. The minimum atomic E-state index is -0.0462. The lowest BCUT2D eigenvalue weighted by molar-refractivity contribution is -0.122. The Kier molecular flexibility index (Phi) is 9.97. The third-order valence-corrected chi connectivity index (χ3v) is 5.52. The van der Waals surface area contributed by atoms with Gasteiger partial charge in [0.15, 0.2) is 0 Å². The van der Waals surface area contributed by atoms with E-state index in [4.69, 9.17) is 4.74 Å². The van der Waals surface area contributed by atoms with E-state index in [9.17, 15) is 4.79 Å². The minimum absolute atomic E-state index is 0. The van der Waals surface area contributed by atoms with Gasteiger partial charge >= 0.3 is 0 Å². The highest BCUT2D eigenvalue weighted by molar-refractivity contribution is 7.99. The predicted molar refractivity (Wildman–Crippen MR) is 108 cm³/mol. The number of hydrogen-bond acceptors (Lipinski definition) is 5. The van der Waals surface area contributed by atoms with Crippen molar-refractivity contribution in [3.8, 4) is 5.75 Å². The number of thioether (sulfide) groups is 1. The first kappa shape index (κ1) is 22.4. The summed E-state index contributed by atoms with van der Waals surface area (Å²) in [5.41, 5.74) is 1.24. The van der Waals surface area contributed by atoms with Crippen molar-refractivity contribution in [1.29, 1.82) is 0 Å². The number of nitrogens with one attached hydrogen (secondary N) is 2. The Hall–Kier alpha value is -0.660. The summed E-state index contributed by atoms with van der Waals surface area (Å²) in [6, 6.07) is 8.40. The average Bonchev–Trinajstić information content (AvgIpc) is 3.29. The van der Waals surface area contributed by atoms with Gasteiger partial charge in [0.05, 0.1) is 19.2 Å².